The number of aromatic nitrogens is 2. The SMILES string of the molecule is CNCc1ccc2nc(-c3cc(OC)c(O)c(O)c3F)n(C3(C)COC3)c2c1. The zero-order valence-electron chi connectivity index (χ0n) is 15.9. The molecule has 1 aliphatic heterocycles. The van der Waals surface area contributed by atoms with Crippen LogP contribution in [-0.2, 0) is 16.8 Å². The fraction of sp³-hybridized carbons (Fsp3) is 0.350. The van der Waals surface area contributed by atoms with Gasteiger partial charge in [0.05, 0.1) is 42.5 Å². The van der Waals surface area contributed by atoms with Crippen molar-refractivity contribution in [1.82, 2.24) is 14.9 Å². The Labute approximate surface area is 161 Å². The number of aromatic hydroxyl groups is 2. The third-order valence-electron chi connectivity index (χ3n) is 5.10. The van der Waals surface area contributed by atoms with Crippen molar-refractivity contribution in [1.29, 1.82) is 0 Å². The van der Waals surface area contributed by atoms with Gasteiger partial charge in [0.15, 0.2) is 17.3 Å². The quantitative estimate of drug-likeness (QED) is 0.584. The average molecular weight is 387 g/mol. The highest BCUT2D eigenvalue weighted by atomic mass is 19.1. The number of fused-ring (bicyclic) bond motifs is 1. The molecule has 0 bridgehead atoms. The van der Waals surface area contributed by atoms with E-state index in [4.69, 9.17) is 9.47 Å². The zero-order chi connectivity index (χ0) is 20.1. The van der Waals surface area contributed by atoms with Crippen LogP contribution in [0.4, 0.5) is 4.39 Å². The summed E-state index contributed by atoms with van der Waals surface area (Å²) in [5, 5.41) is 23.1. The van der Waals surface area contributed by atoms with Gasteiger partial charge < -0.3 is 29.6 Å². The molecule has 0 unspecified atom stereocenters. The Kier molecular flexibility index (Phi) is 4.40. The molecular formula is C20H22FN3O4. The molecule has 7 nitrogen and oxygen atoms in total. The van der Waals surface area contributed by atoms with Gasteiger partial charge in [0.1, 0.15) is 5.82 Å². The van der Waals surface area contributed by atoms with Gasteiger partial charge in [0.2, 0.25) is 5.75 Å². The number of rotatable bonds is 5. The van der Waals surface area contributed by atoms with Crippen LogP contribution in [0.25, 0.3) is 22.4 Å². The van der Waals surface area contributed by atoms with E-state index in [-0.39, 0.29) is 11.3 Å². The van der Waals surface area contributed by atoms with Gasteiger partial charge in [-0.2, -0.15) is 0 Å². The summed E-state index contributed by atoms with van der Waals surface area (Å²) >= 11 is 0. The number of imidazole rings is 1. The van der Waals surface area contributed by atoms with Crippen LogP contribution in [0.5, 0.6) is 17.2 Å². The number of nitrogens with one attached hydrogen (secondary N) is 1. The number of phenolic OH excluding ortho intramolecular Hbond substituents is 2. The smallest absolute Gasteiger partial charge is 0.203 e. The van der Waals surface area contributed by atoms with Crippen molar-refractivity contribution in [2.45, 2.75) is 19.0 Å². The summed E-state index contributed by atoms with van der Waals surface area (Å²) in [5.41, 5.74) is 2.26. The van der Waals surface area contributed by atoms with Gasteiger partial charge in [-0.25, -0.2) is 9.37 Å². The summed E-state index contributed by atoms with van der Waals surface area (Å²) in [7, 11) is 3.21. The molecule has 1 aromatic heterocycles. The minimum absolute atomic E-state index is 0.0293. The number of hydrogen-bond acceptors (Lipinski definition) is 6. The first-order valence-electron chi connectivity index (χ1n) is 8.92. The molecule has 2 heterocycles. The lowest BCUT2D eigenvalue weighted by atomic mass is 9.98. The molecule has 148 valence electrons. The molecule has 4 rings (SSSR count). The highest BCUT2D eigenvalue weighted by Gasteiger charge is 2.39. The van der Waals surface area contributed by atoms with Crippen LogP contribution < -0.4 is 10.1 Å². The van der Waals surface area contributed by atoms with Crippen molar-refractivity contribution in [2.24, 2.45) is 0 Å². The van der Waals surface area contributed by atoms with Crippen LogP contribution in [-0.4, -0.2) is 47.1 Å². The van der Waals surface area contributed by atoms with Crippen molar-refractivity contribution in [2.75, 3.05) is 27.4 Å². The van der Waals surface area contributed by atoms with E-state index in [1.165, 1.54) is 13.2 Å². The molecule has 0 atom stereocenters. The maximum absolute atomic E-state index is 14.9. The Morgan fingerprint density at radius 1 is 1.29 bits per heavy atom. The summed E-state index contributed by atoms with van der Waals surface area (Å²) in [4.78, 5) is 4.64. The van der Waals surface area contributed by atoms with Gasteiger partial charge >= 0.3 is 0 Å². The van der Waals surface area contributed by atoms with Crippen LogP contribution in [0.15, 0.2) is 24.3 Å². The fourth-order valence-electron chi connectivity index (χ4n) is 3.62. The molecule has 2 aromatic carbocycles. The van der Waals surface area contributed by atoms with E-state index in [1.54, 1.807) is 0 Å². The molecule has 0 amide bonds. The molecular weight excluding hydrogens is 365 g/mol. The van der Waals surface area contributed by atoms with Gasteiger partial charge in [0, 0.05) is 6.54 Å². The highest BCUT2D eigenvalue weighted by molar-refractivity contribution is 5.83. The maximum atomic E-state index is 14.9. The number of methoxy groups -OCH3 is 1. The Morgan fingerprint density at radius 3 is 2.64 bits per heavy atom. The second kappa shape index (κ2) is 6.65. The van der Waals surface area contributed by atoms with E-state index >= 15 is 0 Å². The van der Waals surface area contributed by atoms with Crippen molar-refractivity contribution < 1.29 is 24.1 Å². The van der Waals surface area contributed by atoms with E-state index in [1.807, 2.05) is 36.7 Å². The number of nitrogens with zero attached hydrogens (tertiary/aromatic N) is 2. The summed E-state index contributed by atoms with van der Waals surface area (Å²) in [6.07, 6.45) is 0. The second-order valence-electron chi connectivity index (χ2n) is 7.25. The van der Waals surface area contributed by atoms with Crippen molar-refractivity contribution in [3.05, 3.63) is 35.6 Å². The predicted molar refractivity (Wildman–Crippen MR) is 102 cm³/mol. The Bertz CT molecular complexity index is 1060. The third-order valence-corrected chi connectivity index (χ3v) is 5.10. The lowest BCUT2D eigenvalue weighted by Gasteiger charge is -2.40. The molecule has 3 aromatic rings. The fourth-order valence-corrected chi connectivity index (χ4v) is 3.62. The largest absolute Gasteiger partial charge is 0.502 e. The van der Waals surface area contributed by atoms with Crippen molar-refractivity contribution in [3.63, 3.8) is 0 Å². The summed E-state index contributed by atoms with van der Waals surface area (Å²) < 4.78 is 27.4. The normalized spacial score (nSPS) is 15.6. The van der Waals surface area contributed by atoms with Crippen LogP contribution in [0.2, 0.25) is 0 Å². The molecule has 28 heavy (non-hydrogen) atoms. The molecule has 0 radical (unpaired) electrons. The number of ether oxygens (including phenoxy) is 2. The first-order chi connectivity index (χ1) is 13.4. The summed E-state index contributed by atoms with van der Waals surface area (Å²) in [6, 6.07) is 7.21. The lowest BCUT2D eigenvalue weighted by Crippen LogP contribution is -2.49. The third kappa shape index (κ3) is 2.68. The molecule has 0 saturated carbocycles. The lowest BCUT2D eigenvalue weighted by molar-refractivity contribution is -0.0868. The molecule has 1 saturated heterocycles. The van der Waals surface area contributed by atoms with E-state index < -0.39 is 22.9 Å². The predicted octanol–water partition coefficient (Wildman–Crippen LogP) is 2.73. The van der Waals surface area contributed by atoms with Crippen LogP contribution in [0.1, 0.15) is 12.5 Å². The zero-order valence-corrected chi connectivity index (χ0v) is 15.9. The first-order valence-corrected chi connectivity index (χ1v) is 8.92. The Balaban J connectivity index is 2.02. The van der Waals surface area contributed by atoms with E-state index in [0.717, 1.165) is 11.1 Å². The minimum atomic E-state index is -0.950. The Morgan fingerprint density at radius 2 is 2.04 bits per heavy atom. The maximum Gasteiger partial charge on any atom is 0.203 e. The molecule has 0 spiro atoms. The number of hydrogen-bond donors (Lipinski definition) is 3. The van der Waals surface area contributed by atoms with Gasteiger partial charge in [-0.15, -0.1) is 0 Å². The van der Waals surface area contributed by atoms with Gasteiger partial charge in [-0.1, -0.05) is 6.07 Å². The van der Waals surface area contributed by atoms with Crippen LogP contribution in [0.3, 0.4) is 0 Å². The molecule has 0 aliphatic carbocycles. The summed E-state index contributed by atoms with van der Waals surface area (Å²) in [6.45, 7) is 3.63. The molecule has 3 N–H and O–H groups in total. The van der Waals surface area contributed by atoms with Crippen LogP contribution in [0, 0.1) is 5.82 Å². The van der Waals surface area contributed by atoms with Crippen LogP contribution >= 0.6 is 0 Å². The highest BCUT2D eigenvalue weighted by Crippen LogP contribution is 2.44. The number of halogens is 1. The molecule has 1 aliphatic rings. The van der Waals surface area contributed by atoms with Gasteiger partial charge in [0.25, 0.3) is 0 Å². The average Bonchev–Trinajstić information content (AvgIpc) is 3.03. The van der Waals surface area contributed by atoms with Crippen molar-refractivity contribution in [3.8, 4) is 28.6 Å². The monoisotopic (exact) mass is 387 g/mol. The topological polar surface area (TPSA) is 88.8 Å². The first kappa shape index (κ1) is 18.5. The van der Waals surface area contributed by atoms with E-state index in [0.29, 0.717) is 31.1 Å². The number of phenols is 2. The standard InChI is InChI=1S/C20H22FN3O4/c1-20(9-28-10-20)24-14-6-11(8-22-2)4-5-13(14)23-19(24)12-7-15(27-3)17(25)18(26)16(12)21/h4-7,22,25-26H,8-10H2,1-3H3. The Hall–Kier alpha value is -2.84. The van der Waals surface area contributed by atoms with Crippen molar-refractivity contribution >= 4 is 11.0 Å². The van der Waals surface area contributed by atoms with Gasteiger partial charge in [-0.3, -0.25) is 0 Å². The summed E-state index contributed by atoms with van der Waals surface area (Å²) in [5.74, 6) is -2.14. The second-order valence-corrected chi connectivity index (χ2v) is 7.25. The molecule has 8 heteroatoms. The number of benzene rings is 2. The van der Waals surface area contributed by atoms with E-state index in [2.05, 4.69) is 10.3 Å². The van der Waals surface area contributed by atoms with Gasteiger partial charge in [-0.05, 0) is 37.7 Å². The van der Waals surface area contributed by atoms with E-state index in [9.17, 15) is 14.6 Å². The molecule has 1 fully saturated rings. The minimum Gasteiger partial charge on any atom is -0.502 e.